The monoisotopic (exact) mass is 388 g/mol. The molecule has 2 heterocycles. The van der Waals surface area contributed by atoms with E-state index in [-0.39, 0.29) is 12.0 Å². The molecule has 2 amide bonds. The Balaban J connectivity index is 1.63. The van der Waals surface area contributed by atoms with E-state index in [1.807, 2.05) is 30.3 Å². The van der Waals surface area contributed by atoms with Gasteiger partial charge in [-0.1, -0.05) is 30.3 Å². The molecule has 3 rings (SSSR count). The number of carbonyl (C=O) groups excluding carboxylic acids is 2. The van der Waals surface area contributed by atoms with Crippen molar-refractivity contribution in [2.45, 2.75) is 25.5 Å². The molecule has 0 spiro atoms. The maximum atomic E-state index is 12.7. The lowest BCUT2D eigenvalue weighted by molar-refractivity contribution is -0.145. The molecule has 154 valence electrons. The fourth-order valence-electron chi connectivity index (χ4n) is 3.94. The Morgan fingerprint density at radius 1 is 1.14 bits per heavy atom. The molecule has 2 fully saturated rings. The van der Waals surface area contributed by atoms with Crippen molar-refractivity contribution in [2.24, 2.45) is 5.92 Å². The molecular formula is C21H32N4O3. The van der Waals surface area contributed by atoms with Crippen LogP contribution in [0.5, 0.6) is 0 Å². The van der Waals surface area contributed by atoms with Crippen LogP contribution in [0.25, 0.3) is 0 Å². The summed E-state index contributed by atoms with van der Waals surface area (Å²) in [5.74, 6) is -1.01. The van der Waals surface area contributed by atoms with Gasteiger partial charge in [-0.15, -0.1) is 0 Å². The van der Waals surface area contributed by atoms with Crippen LogP contribution in [0.3, 0.4) is 0 Å². The highest BCUT2D eigenvalue weighted by atomic mass is 16.3. The summed E-state index contributed by atoms with van der Waals surface area (Å²) in [6.07, 6.45) is 0.273. The molecule has 28 heavy (non-hydrogen) atoms. The second-order valence-corrected chi connectivity index (χ2v) is 8.08. The van der Waals surface area contributed by atoms with Gasteiger partial charge in [0.05, 0.1) is 12.1 Å². The highest BCUT2D eigenvalue weighted by Crippen LogP contribution is 2.20. The van der Waals surface area contributed by atoms with Crippen LogP contribution in [0.4, 0.5) is 0 Å². The molecule has 0 radical (unpaired) electrons. The van der Waals surface area contributed by atoms with Gasteiger partial charge in [0.1, 0.15) is 0 Å². The van der Waals surface area contributed by atoms with Crippen LogP contribution in [-0.2, 0) is 9.59 Å². The standard InChI is InChI=1S/C21H32N4O3/c1-16(26)18-8-9-25(14-18)21(28)20(27)22-19(17-6-4-3-5-7-17)15-24-12-10-23(2)11-13-24/h3-7,16,18-19,26H,8-15H2,1-2H3,(H,22,27)/t16-,18+,19-/m0/s1. The van der Waals surface area contributed by atoms with Crippen LogP contribution in [0, 0.1) is 5.92 Å². The first-order chi connectivity index (χ1) is 13.4. The summed E-state index contributed by atoms with van der Waals surface area (Å²) < 4.78 is 0. The van der Waals surface area contributed by atoms with Gasteiger partial charge < -0.3 is 20.2 Å². The Hall–Kier alpha value is -1.96. The predicted molar refractivity (Wildman–Crippen MR) is 108 cm³/mol. The molecule has 0 aliphatic carbocycles. The number of nitrogens with one attached hydrogen (secondary N) is 1. The number of amides is 2. The topological polar surface area (TPSA) is 76.1 Å². The number of hydrogen-bond acceptors (Lipinski definition) is 5. The maximum absolute atomic E-state index is 12.7. The van der Waals surface area contributed by atoms with Gasteiger partial charge in [-0.25, -0.2) is 0 Å². The fourth-order valence-corrected chi connectivity index (χ4v) is 3.94. The normalized spacial score (nSPS) is 23.4. The number of aliphatic hydroxyl groups is 1. The molecule has 2 aliphatic heterocycles. The second-order valence-electron chi connectivity index (χ2n) is 8.08. The summed E-state index contributed by atoms with van der Waals surface area (Å²) in [5, 5.41) is 12.7. The average molecular weight is 389 g/mol. The van der Waals surface area contributed by atoms with Crippen molar-refractivity contribution in [1.29, 1.82) is 0 Å². The largest absolute Gasteiger partial charge is 0.393 e. The van der Waals surface area contributed by atoms with Gasteiger partial charge in [0.25, 0.3) is 0 Å². The predicted octanol–water partition coefficient (Wildman–Crippen LogP) is 0.321. The fraction of sp³-hybridized carbons (Fsp3) is 0.619. The Kier molecular flexibility index (Phi) is 7.04. The number of aliphatic hydroxyl groups excluding tert-OH is 1. The van der Waals surface area contributed by atoms with Crippen LogP contribution < -0.4 is 5.32 Å². The third kappa shape index (κ3) is 5.31. The number of likely N-dealkylation sites (tertiary alicyclic amines) is 1. The first kappa shape index (κ1) is 20.8. The minimum absolute atomic E-state index is 0.0482. The highest BCUT2D eigenvalue weighted by molar-refractivity contribution is 6.35. The van der Waals surface area contributed by atoms with E-state index in [2.05, 4.69) is 22.2 Å². The maximum Gasteiger partial charge on any atom is 0.311 e. The average Bonchev–Trinajstić information content (AvgIpc) is 3.19. The molecule has 0 unspecified atom stereocenters. The van der Waals surface area contributed by atoms with Crippen molar-refractivity contribution < 1.29 is 14.7 Å². The van der Waals surface area contributed by atoms with E-state index in [1.165, 1.54) is 0 Å². The summed E-state index contributed by atoms with van der Waals surface area (Å²) in [7, 11) is 2.11. The van der Waals surface area contributed by atoms with Gasteiger partial charge in [-0.3, -0.25) is 14.5 Å². The number of carbonyl (C=O) groups is 2. The van der Waals surface area contributed by atoms with Crippen LogP contribution >= 0.6 is 0 Å². The third-order valence-electron chi connectivity index (χ3n) is 5.93. The molecule has 1 aromatic carbocycles. The molecule has 7 heteroatoms. The van der Waals surface area contributed by atoms with Gasteiger partial charge in [0, 0.05) is 51.7 Å². The van der Waals surface area contributed by atoms with E-state index in [1.54, 1.807) is 11.8 Å². The van der Waals surface area contributed by atoms with E-state index in [0.717, 1.165) is 38.2 Å². The van der Waals surface area contributed by atoms with E-state index in [0.29, 0.717) is 19.6 Å². The number of hydrogen-bond donors (Lipinski definition) is 2. The van der Waals surface area contributed by atoms with Crippen molar-refractivity contribution in [3.8, 4) is 0 Å². The lowest BCUT2D eigenvalue weighted by atomic mass is 10.0. The molecular weight excluding hydrogens is 356 g/mol. The highest BCUT2D eigenvalue weighted by Gasteiger charge is 2.33. The summed E-state index contributed by atoms with van der Waals surface area (Å²) in [5.41, 5.74) is 1.01. The zero-order chi connectivity index (χ0) is 20.1. The van der Waals surface area contributed by atoms with Crippen molar-refractivity contribution in [3.63, 3.8) is 0 Å². The first-order valence-corrected chi connectivity index (χ1v) is 10.2. The number of likely N-dealkylation sites (N-methyl/N-ethyl adjacent to an activating group) is 1. The SMILES string of the molecule is C[C@H](O)[C@@H]1CCN(C(=O)C(=O)N[C@@H](CN2CCN(C)CC2)c2ccccc2)C1. The molecule has 0 aromatic heterocycles. The van der Waals surface area contributed by atoms with Gasteiger partial charge in [0.15, 0.2) is 0 Å². The Morgan fingerprint density at radius 2 is 1.82 bits per heavy atom. The lowest BCUT2D eigenvalue weighted by Gasteiger charge is -2.35. The molecule has 0 bridgehead atoms. The molecule has 1 aromatic rings. The third-order valence-corrected chi connectivity index (χ3v) is 5.93. The van der Waals surface area contributed by atoms with E-state index < -0.39 is 17.9 Å². The van der Waals surface area contributed by atoms with E-state index in [9.17, 15) is 14.7 Å². The Bertz CT molecular complexity index is 659. The van der Waals surface area contributed by atoms with Crippen molar-refractivity contribution in [2.75, 3.05) is 52.9 Å². The van der Waals surface area contributed by atoms with Gasteiger partial charge in [-0.2, -0.15) is 0 Å². The molecule has 3 atom stereocenters. The van der Waals surface area contributed by atoms with Gasteiger partial charge >= 0.3 is 11.8 Å². The molecule has 2 aliphatic rings. The number of nitrogens with zero attached hydrogens (tertiary/aromatic N) is 3. The zero-order valence-corrected chi connectivity index (χ0v) is 16.9. The Labute approximate surface area is 167 Å². The second kappa shape index (κ2) is 9.49. The number of rotatable bonds is 5. The van der Waals surface area contributed by atoms with E-state index in [4.69, 9.17) is 0 Å². The van der Waals surface area contributed by atoms with Crippen LogP contribution in [0.15, 0.2) is 30.3 Å². The molecule has 2 saturated heterocycles. The summed E-state index contributed by atoms with van der Waals surface area (Å²) >= 11 is 0. The number of piperazine rings is 1. The minimum atomic E-state index is -0.561. The van der Waals surface area contributed by atoms with Crippen LogP contribution in [0.1, 0.15) is 24.9 Å². The lowest BCUT2D eigenvalue weighted by Crippen LogP contribution is -2.49. The minimum Gasteiger partial charge on any atom is -0.393 e. The van der Waals surface area contributed by atoms with Gasteiger partial charge in [0.2, 0.25) is 0 Å². The zero-order valence-electron chi connectivity index (χ0n) is 16.9. The van der Waals surface area contributed by atoms with Crippen LogP contribution in [-0.4, -0.2) is 90.6 Å². The quantitative estimate of drug-likeness (QED) is 0.711. The van der Waals surface area contributed by atoms with E-state index >= 15 is 0 Å². The summed E-state index contributed by atoms with van der Waals surface area (Å²) in [4.78, 5) is 31.5. The van der Waals surface area contributed by atoms with Crippen molar-refractivity contribution >= 4 is 11.8 Å². The molecule has 7 nitrogen and oxygen atoms in total. The molecule has 2 N–H and O–H groups in total. The first-order valence-electron chi connectivity index (χ1n) is 10.2. The smallest absolute Gasteiger partial charge is 0.311 e. The molecule has 0 saturated carbocycles. The van der Waals surface area contributed by atoms with Crippen molar-refractivity contribution in [3.05, 3.63) is 35.9 Å². The number of benzene rings is 1. The van der Waals surface area contributed by atoms with Gasteiger partial charge in [-0.05, 0) is 26.0 Å². The summed E-state index contributed by atoms with van der Waals surface area (Å²) in [6.45, 7) is 7.30. The van der Waals surface area contributed by atoms with Crippen LogP contribution in [0.2, 0.25) is 0 Å². The summed E-state index contributed by atoms with van der Waals surface area (Å²) in [6, 6.07) is 9.61. The van der Waals surface area contributed by atoms with Crippen molar-refractivity contribution in [1.82, 2.24) is 20.0 Å². The Morgan fingerprint density at radius 3 is 2.43 bits per heavy atom.